The van der Waals surface area contributed by atoms with Crippen LogP contribution in [0.5, 0.6) is 0 Å². The highest BCUT2D eigenvalue weighted by Crippen LogP contribution is 2.65. The Kier molecular flexibility index (Phi) is 5.52. The Morgan fingerprint density at radius 2 is 1.83 bits per heavy atom. The Labute approximate surface area is 179 Å². The van der Waals surface area contributed by atoms with E-state index in [1.54, 1.807) is 5.57 Å². The zero-order chi connectivity index (χ0) is 21.0. The quantitative estimate of drug-likeness (QED) is 0.498. The molecule has 0 spiro atoms. The van der Waals surface area contributed by atoms with E-state index in [9.17, 15) is 5.11 Å². The lowest BCUT2D eigenvalue weighted by Gasteiger charge is -2.55. The lowest BCUT2D eigenvalue weighted by molar-refractivity contribution is 0.0383. The first kappa shape index (κ1) is 21.2. The monoisotopic (exact) mass is 394 g/mol. The second kappa shape index (κ2) is 7.56. The molecular formula is C28H42O. The molecular weight excluding hydrogens is 352 g/mol. The van der Waals surface area contributed by atoms with Crippen molar-refractivity contribution < 1.29 is 5.11 Å². The third-order valence-electron chi connectivity index (χ3n) is 9.61. The largest absolute Gasteiger partial charge is 0.393 e. The van der Waals surface area contributed by atoms with Gasteiger partial charge in [0, 0.05) is 0 Å². The molecule has 0 radical (unpaired) electrons. The van der Waals surface area contributed by atoms with Crippen molar-refractivity contribution in [2.24, 2.45) is 40.4 Å². The van der Waals surface area contributed by atoms with E-state index in [-0.39, 0.29) is 6.10 Å². The van der Waals surface area contributed by atoms with E-state index < -0.39 is 0 Å². The van der Waals surface area contributed by atoms with Crippen molar-refractivity contribution in [1.82, 2.24) is 0 Å². The Balaban J connectivity index is 1.57. The third kappa shape index (κ3) is 3.42. The van der Waals surface area contributed by atoms with Crippen molar-refractivity contribution in [1.29, 1.82) is 0 Å². The highest BCUT2D eigenvalue weighted by molar-refractivity contribution is 5.39. The van der Waals surface area contributed by atoms with E-state index in [1.807, 2.05) is 0 Å². The molecule has 0 aliphatic heterocycles. The molecule has 4 aliphatic rings. The highest BCUT2D eigenvalue weighted by atomic mass is 16.3. The van der Waals surface area contributed by atoms with E-state index in [0.29, 0.717) is 28.6 Å². The molecule has 7 atom stereocenters. The van der Waals surface area contributed by atoms with Crippen LogP contribution in [0.2, 0.25) is 0 Å². The number of aliphatic hydroxyl groups excluding tert-OH is 1. The van der Waals surface area contributed by atoms with Gasteiger partial charge >= 0.3 is 0 Å². The molecule has 0 heterocycles. The molecule has 0 aromatic carbocycles. The summed E-state index contributed by atoms with van der Waals surface area (Å²) < 4.78 is 0. The number of aliphatic hydroxyl groups is 1. The molecule has 0 bridgehead atoms. The Hall–Kier alpha value is -1.08. The summed E-state index contributed by atoms with van der Waals surface area (Å²) in [7, 11) is 0. The minimum atomic E-state index is -0.123. The smallest absolute Gasteiger partial charge is 0.0578 e. The summed E-state index contributed by atoms with van der Waals surface area (Å²) in [5.74, 6) is 3.38. The fraction of sp³-hybridized carbons (Fsp3) is 0.714. The maximum absolute atomic E-state index is 10.2. The van der Waals surface area contributed by atoms with Crippen LogP contribution in [-0.2, 0) is 0 Å². The van der Waals surface area contributed by atoms with Gasteiger partial charge in [0.1, 0.15) is 0 Å². The Bertz CT molecular complexity index is 752. The average molecular weight is 395 g/mol. The minimum Gasteiger partial charge on any atom is -0.393 e. The molecule has 1 N–H and O–H groups in total. The number of fused-ring (bicyclic) bond motifs is 5. The molecule has 4 unspecified atom stereocenters. The number of rotatable bonds is 4. The number of hydrogen-bond acceptors (Lipinski definition) is 1. The molecule has 1 heteroatoms. The molecule has 3 fully saturated rings. The van der Waals surface area contributed by atoms with Crippen molar-refractivity contribution in [3.05, 3.63) is 47.6 Å². The molecule has 0 saturated heterocycles. The van der Waals surface area contributed by atoms with Gasteiger partial charge in [0.15, 0.2) is 0 Å². The maximum atomic E-state index is 10.2. The summed E-state index contributed by atoms with van der Waals surface area (Å²) in [5.41, 5.74) is 5.25. The van der Waals surface area contributed by atoms with Gasteiger partial charge in [0.2, 0.25) is 0 Å². The second-order valence-corrected chi connectivity index (χ2v) is 11.5. The summed E-state index contributed by atoms with van der Waals surface area (Å²) in [4.78, 5) is 0. The summed E-state index contributed by atoms with van der Waals surface area (Å²) in [6.45, 7) is 16.2. The van der Waals surface area contributed by atoms with Crippen molar-refractivity contribution in [2.45, 2.75) is 85.7 Å². The van der Waals surface area contributed by atoms with Gasteiger partial charge in [-0.3, -0.25) is 0 Å². The molecule has 29 heavy (non-hydrogen) atoms. The van der Waals surface area contributed by atoms with Gasteiger partial charge in [-0.15, -0.1) is 0 Å². The van der Waals surface area contributed by atoms with Crippen molar-refractivity contribution in [3.8, 4) is 0 Å². The van der Waals surface area contributed by atoms with Crippen LogP contribution in [0.15, 0.2) is 47.6 Å². The van der Waals surface area contributed by atoms with E-state index >= 15 is 0 Å². The summed E-state index contributed by atoms with van der Waals surface area (Å²) in [6.07, 6.45) is 17.9. The van der Waals surface area contributed by atoms with Gasteiger partial charge in [-0.2, -0.15) is 0 Å². The van der Waals surface area contributed by atoms with Crippen LogP contribution in [-0.4, -0.2) is 11.2 Å². The van der Waals surface area contributed by atoms with Crippen molar-refractivity contribution >= 4 is 0 Å². The highest BCUT2D eigenvalue weighted by Gasteiger charge is 2.56. The average Bonchev–Trinajstić information content (AvgIpc) is 3.03. The van der Waals surface area contributed by atoms with E-state index in [4.69, 9.17) is 0 Å². The topological polar surface area (TPSA) is 20.2 Å². The first-order valence-electron chi connectivity index (χ1n) is 12.1. The zero-order valence-electron chi connectivity index (χ0n) is 19.4. The summed E-state index contributed by atoms with van der Waals surface area (Å²) in [5, 5.41) is 10.2. The Morgan fingerprint density at radius 3 is 2.55 bits per heavy atom. The predicted molar refractivity (Wildman–Crippen MR) is 123 cm³/mol. The lowest BCUT2D eigenvalue weighted by Crippen LogP contribution is -2.46. The first-order chi connectivity index (χ1) is 13.7. The SMILES string of the molecule is C=C(/C=C/C(C)C1CCC2C3=CC=C4C[C@@H](O)CC[C@]4(C)C3CC[C@@]21C)C(C)C. The zero-order valence-corrected chi connectivity index (χ0v) is 19.4. The van der Waals surface area contributed by atoms with Gasteiger partial charge in [-0.1, -0.05) is 82.2 Å². The standard InChI is InChI=1S/C28H42O/c1-18(2)19(3)7-8-20(4)24-11-12-25-23-10-9-21-17-22(29)13-15-27(21,5)26(23)14-16-28(24,25)6/h7-10,18,20,22,24-26,29H,3,11-17H2,1-2,4-6H3/b8-7+/t20?,22-,24?,25?,26?,27-,28+/m0/s1. The van der Waals surface area contributed by atoms with Gasteiger partial charge in [0.25, 0.3) is 0 Å². The fourth-order valence-electron chi connectivity index (χ4n) is 7.49. The van der Waals surface area contributed by atoms with Gasteiger partial charge in [0.05, 0.1) is 6.10 Å². The van der Waals surface area contributed by atoms with E-state index in [1.165, 1.54) is 36.8 Å². The van der Waals surface area contributed by atoms with Crippen molar-refractivity contribution in [3.63, 3.8) is 0 Å². The van der Waals surface area contributed by atoms with Crippen LogP contribution in [0.3, 0.4) is 0 Å². The minimum absolute atomic E-state index is 0.123. The molecule has 4 rings (SSSR count). The van der Waals surface area contributed by atoms with Crippen LogP contribution >= 0.6 is 0 Å². The summed E-state index contributed by atoms with van der Waals surface area (Å²) in [6, 6.07) is 0. The maximum Gasteiger partial charge on any atom is 0.0578 e. The molecule has 160 valence electrons. The molecule has 3 saturated carbocycles. The van der Waals surface area contributed by atoms with Crippen molar-refractivity contribution in [2.75, 3.05) is 0 Å². The van der Waals surface area contributed by atoms with Crippen LogP contribution in [0.1, 0.15) is 79.6 Å². The van der Waals surface area contributed by atoms with Gasteiger partial charge in [-0.25, -0.2) is 0 Å². The summed E-state index contributed by atoms with van der Waals surface area (Å²) >= 11 is 0. The van der Waals surface area contributed by atoms with Gasteiger partial charge in [-0.05, 0) is 85.4 Å². The Morgan fingerprint density at radius 1 is 1.07 bits per heavy atom. The number of hydrogen-bond donors (Lipinski definition) is 1. The second-order valence-electron chi connectivity index (χ2n) is 11.5. The normalized spacial score (nSPS) is 42.7. The lowest BCUT2D eigenvalue weighted by atomic mass is 9.50. The first-order valence-corrected chi connectivity index (χ1v) is 12.1. The van der Waals surface area contributed by atoms with E-state index in [2.05, 4.69) is 65.5 Å². The van der Waals surface area contributed by atoms with E-state index in [0.717, 1.165) is 31.1 Å². The van der Waals surface area contributed by atoms with Crippen LogP contribution in [0.4, 0.5) is 0 Å². The van der Waals surface area contributed by atoms with Gasteiger partial charge < -0.3 is 5.11 Å². The van der Waals surface area contributed by atoms with Crippen LogP contribution < -0.4 is 0 Å². The predicted octanol–water partition coefficient (Wildman–Crippen LogP) is 7.25. The fourth-order valence-corrected chi connectivity index (χ4v) is 7.49. The number of allylic oxidation sites excluding steroid dienone is 6. The molecule has 4 aliphatic carbocycles. The van der Waals surface area contributed by atoms with Crippen LogP contribution in [0, 0.1) is 40.4 Å². The molecule has 0 amide bonds. The van der Waals surface area contributed by atoms with Crippen LogP contribution in [0.25, 0.3) is 0 Å². The molecule has 0 aromatic heterocycles. The molecule has 1 nitrogen and oxygen atoms in total. The third-order valence-corrected chi connectivity index (χ3v) is 9.61. The molecule has 0 aromatic rings.